The number of fused-ring (bicyclic) bond motifs is 1. The van der Waals surface area contributed by atoms with E-state index in [2.05, 4.69) is 33.2 Å². The van der Waals surface area contributed by atoms with Gasteiger partial charge >= 0.3 is 0 Å². The molecule has 2 saturated heterocycles. The minimum absolute atomic E-state index is 0.00809. The van der Waals surface area contributed by atoms with Crippen molar-refractivity contribution in [3.63, 3.8) is 0 Å². The molecule has 0 aromatic rings. The first-order valence-electron chi connectivity index (χ1n) is 10.9. The van der Waals surface area contributed by atoms with Gasteiger partial charge in [-0.2, -0.15) is 0 Å². The van der Waals surface area contributed by atoms with E-state index >= 15 is 0 Å². The normalized spacial score (nSPS) is 42.6. The lowest BCUT2D eigenvalue weighted by molar-refractivity contribution is -0.0502. The lowest BCUT2D eigenvalue weighted by Crippen LogP contribution is -2.76. The van der Waals surface area contributed by atoms with Gasteiger partial charge in [-0.25, -0.2) is 8.78 Å². The number of piperidine rings is 1. The first-order chi connectivity index (χ1) is 13.2. The highest BCUT2D eigenvalue weighted by atomic mass is 19.3. The molecule has 0 aromatic carbocycles. The van der Waals surface area contributed by atoms with Gasteiger partial charge in [0.1, 0.15) is 6.29 Å². The zero-order valence-corrected chi connectivity index (χ0v) is 17.1. The number of nitrogens with two attached hydrogens (primary N) is 1. The first-order valence-corrected chi connectivity index (χ1v) is 10.9. The Labute approximate surface area is 166 Å². The molecule has 6 atom stereocenters. The summed E-state index contributed by atoms with van der Waals surface area (Å²) in [7, 11) is 0. The molecule has 6 nitrogen and oxygen atoms in total. The fourth-order valence-corrected chi connectivity index (χ4v) is 5.55. The third kappa shape index (κ3) is 4.20. The molecule has 160 valence electrons. The van der Waals surface area contributed by atoms with Crippen LogP contribution in [0.15, 0.2) is 4.99 Å². The smallest absolute Gasteiger partial charge is 0.249 e. The van der Waals surface area contributed by atoms with Gasteiger partial charge in [-0.05, 0) is 33.1 Å². The molecule has 4 rings (SSSR count). The zero-order valence-electron chi connectivity index (χ0n) is 17.1. The maximum absolute atomic E-state index is 14.0. The van der Waals surface area contributed by atoms with E-state index in [1.54, 1.807) is 0 Å². The molecule has 28 heavy (non-hydrogen) atoms. The SMILES string of the molecule is CC(F)(F)C1CNC2=NCC(C3NC(NC4CCCCC4)NCC3(C)N)C2C1. The Morgan fingerprint density at radius 1 is 1.25 bits per heavy atom. The van der Waals surface area contributed by atoms with E-state index < -0.39 is 17.4 Å². The van der Waals surface area contributed by atoms with E-state index in [4.69, 9.17) is 5.73 Å². The number of alkyl halides is 2. The molecule has 3 fully saturated rings. The summed E-state index contributed by atoms with van der Waals surface area (Å²) in [4.78, 5) is 4.66. The van der Waals surface area contributed by atoms with Crippen LogP contribution in [0.1, 0.15) is 52.4 Å². The third-order valence-corrected chi connectivity index (χ3v) is 7.30. The van der Waals surface area contributed by atoms with Crippen molar-refractivity contribution in [3.8, 4) is 0 Å². The van der Waals surface area contributed by atoms with Crippen LogP contribution >= 0.6 is 0 Å². The first kappa shape index (κ1) is 20.4. The fraction of sp³-hybridized carbons (Fsp3) is 0.950. The van der Waals surface area contributed by atoms with Gasteiger partial charge in [0, 0.05) is 55.0 Å². The summed E-state index contributed by atoms with van der Waals surface area (Å²) in [6.45, 7) is 4.72. The van der Waals surface area contributed by atoms with Gasteiger partial charge in [0.15, 0.2) is 0 Å². The van der Waals surface area contributed by atoms with Crippen LogP contribution in [0, 0.1) is 17.8 Å². The van der Waals surface area contributed by atoms with Gasteiger partial charge < -0.3 is 11.1 Å². The molecule has 4 aliphatic rings. The number of nitrogens with one attached hydrogen (secondary N) is 4. The van der Waals surface area contributed by atoms with Crippen molar-refractivity contribution < 1.29 is 8.78 Å². The van der Waals surface area contributed by atoms with E-state index in [1.807, 2.05) is 0 Å². The maximum Gasteiger partial charge on any atom is 0.249 e. The molecule has 8 heteroatoms. The molecule has 0 spiro atoms. The second-order valence-corrected chi connectivity index (χ2v) is 9.73. The quantitative estimate of drug-likeness (QED) is 0.494. The van der Waals surface area contributed by atoms with Crippen LogP contribution < -0.4 is 27.0 Å². The van der Waals surface area contributed by atoms with Crippen molar-refractivity contribution in [1.82, 2.24) is 21.3 Å². The highest BCUT2D eigenvalue weighted by Gasteiger charge is 2.50. The molecule has 3 aliphatic heterocycles. The predicted molar refractivity (Wildman–Crippen MR) is 107 cm³/mol. The summed E-state index contributed by atoms with van der Waals surface area (Å²) in [6, 6.07) is 0.545. The molecule has 1 saturated carbocycles. The summed E-state index contributed by atoms with van der Waals surface area (Å²) >= 11 is 0. The van der Waals surface area contributed by atoms with E-state index in [0.717, 1.165) is 12.8 Å². The van der Waals surface area contributed by atoms with Crippen LogP contribution in [0.5, 0.6) is 0 Å². The van der Waals surface area contributed by atoms with Crippen LogP contribution in [0.4, 0.5) is 8.78 Å². The second-order valence-electron chi connectivity index (χ2n) is 9.73. The van der Waals surface area contributed by atoms with Gasteiger partial charge in [0.25, 0.3) is 0 Å². The number of rotatable bonds is 4. The summed E-state index contributed by atoms with van der Waals surface area (Å²) in [6.07, 6.45) is 6.79. The standard InChI is InChI=1S/C20H36F2N6/c1-19(23)11-26-18(27-13-6-4-3-5-7-13)28-16(19)15-10-25-17-14(15)8-12(9-24-17)20(2,21)22/h12-16,18,26-28H,3-11,23H2,1-2H3,(H,24,25). The largest absolute Gasteiger partial charge is 0.373 e. The molecule has 0 bridgehead atoms. The number of hydrogen-bond acceptors (Lipinski definition) is 6. The topological polar surface area (TPSA) is 86.5 Å². The molecular formula is C20H36F2N6. The minimum atomic E-state index is -2.68. The van der Waals surface area contributed by atoms with Crippen LogP contribution in [-0.2, 0) is 0 Å². The van der Waals surface area contributed by atoms with Crippen molar-refractivity contribution in [1.29, 1.82) is 0 Å². The van der Waals surface area contributed by atoms with E-state index in [1.165, 1.54) is 32.1 Å². The summed E-state index contributed by atoms with van der Waals surface area (Å²) in [5, 5.41) is 14.1. The predicted octanol–water partition coefficient (Wildman–Crippen LogP) is 1.38. The van der Waals surface area contributed by atoms with E-state index in [-0.39, 0.29) is 24.2 Å². The Morgan fingerprint density at radius 3 is 2.71 bits per heavy atom. The second kappa shape index (κ2) is 7.78. The van der Waals surface area contributed by atoms with Crippen LogP contribution in [0.2, 0.25) is 0 Å². The molecule has 1 aliphatic carbocycles. The molecule has 0 radical (unpaired) electrons. The van der Waals surface area contributed by atoms with Crippen LogP contribution in [0.25, 0.3) is 0 Å². The van der Waals surface area contributed by atoms with Gasteiger partial charge in [0.05, 0.1) is 5.84 Å². The molecule has 6 N–H and O–H groups in total. The van der Waals surface area contributed by atoms with Gasteiger partial charge in [0.2, 0.25) is 5.92 Å². The average Bonchev–Trinajstić information content (AvgIpc) is 3.06. The fourth-order valence-electron chi connectivity index (χ4n) is 5.55. The molecule has 0 aromatic heterocycles. The maximum atomic E-state index is 14.0. The lowest BCUT2D eigenvalue weighted by atomic mass is 9.72. The van der Waals surface area contributed by atoms with Crippen LogP contribution in [-0.4, -0.2) is 55.3 Å². The Kier molecular flexibility index (Phi) is 5.68. The number of hydrogen-bond donors (Lipinski definition) is 5. The Bertz CT molecular complexity index is 584. The summed E-state index contributed by atoms with van der Waals surface area (Å²) < 4.78 is 27.9. The minimum Gasteiger partial charge on any atom is -0.373 e. The number of amidine groups is 1. The highest BCUT2D eigenvalue weighted by Crippen LogP contribution is 2.40. The Hall–Kier alpha value is -0.830. The third-order valence-electron chi connectivity index (χ3n) is 7.30. The monoisotopic (exact) mass is 398 g/mol. The van der Waals surface area contributed by atoms with Crippen molar-refractivity contribution in [3.05, 3.63) is 0 Å². The van der Waals surface area contributed by atoms with Gasteiger partial charge in [-0.15, -0.1) is 0 Å². The molecular weight excluding hydrogens is 362 g/mol. The van der Waals surface area contributed by atoms with Crippen molar-refractivity contribution in [2.24, 2.45) is 28.5 Å². The Balaban J connectivity index is 1.44. The summed E-state index contributed by atoms with van der Waals surface area (Å²) in [5.41, 5.74) is 6.21. The number of aliphatic imine (C=N–C) groups is 1. The van der Waals surface area contributed by atoms with Crippen molar-refractivity contribution >= 4 is 5.84 Å². The van der Waals surface area contributed by atoms with E-state index in [9.17, 15) is 8.78 Å². The summed E-state index contributed by atoms with van der Waals surface area (Å²) in [5.74, 6) is -2.26. The Morgan fingerprint density at radius 2 is 2.00 bits per heavy atom. The molecule has 6 unspecified atom stereocenters. The van der Waals surface area contributed by atoms with Crippen LogP contribution in [0.3, 0.4) is 0 Å². The molecule has 0 amide bonds. The van der Waals surface area contributed by atoms with Gasteiger partial charge in [-0.1, -0.05) is 19.3 Å². The highest BCUT2D eigenvalue weighted by molar-refractivity contribution is 5.87. The van der Waals surface area contributed by atoms with E-state index in [0.29, 0.717) is 32.1 Å². The number of halogens is 2. The van der Waals surface area contributed by atoms with Gasteiger partial charge in [-0.3, -0.25) is 20.9 Å². The van der Waals surface area contributed by atoms with Crippen molar-refractivity contribution in [2.75, 3.05) is 19.6 Å². The lowest BCUT2D eigenvalue weighted by Gasteiger charge is -2.49. The zero-order chi connectivity index (χ0) is 19.9. The molecule has 3 heterocycles. The number of nitrogens with zero attached hydrogens (tertiary/aromatic N) is 1. The average molecular weight is 399 g/mol. The van der Waals surface area contributed by atoms with Crippen molar-refractivity contribution in [2.45, 2.75) is 82.2 Å².